The molecule has 1 aliphatic carbocycles. The molecule has 5 heteroatoms. The maximum Gasteiger partial charge on any atom is 0.225 e. The summed E-state index contributed by atoms with van der Waals surface area (Å²) in [5.74, 6) is 1.59. The second kappa shape index (κ2) is 8.28. The van der Waals surface area contributed by atoms with Crippen molar-refractivity contribution in [1.29, 1.82) is 0 Å². The Morgan fingerprint density at radius 2 is 1.42 bits per heavy atom. The Bertz CT molecular complexity index is 493. The van der Waals surface area contributed by atoms with Crippen LogP contribution < -0.4 is 0 Å². The number of piperidine rings is 1. The number of nitrogens with zero attached hydrogens (tertiary/aromatic N) is 3. The third-order valence-electron chi connectivity index (χ3n) is 6.95. The van der Waals surface area contributed by atoms with E-state index in [1.807, 2.05) is 4.90 Å². The van der Waals surface area contributed by atoms with E-state index in [2.05, 4.69) is 23.6 Å². The second-order valence-corrected chi connectivity index (χ2v) is 9.51. The second-order valence-electron chi connectivity index (χ2n) is 9.51. The lowest BCUT2D eigenvalue weighted by atomic mass is 9.73. The van der Waals surface area contributed by atoms with E-state index in [1.165, 1.54) is 12.8 Å². The van der Waals surface area contributed by atoms with Gasteiger partial charge in [0.15, 0.2) is 0 Å². The molecular formula is C21H37N3O2. The molecule has 3 rings (SSSR count). The first kappa shape index (κ1) is 19.7. The molecule has 3 aliphatic rings. The maximum atomic E-state index is 12.8. The van der Waals surface area contributed by atoms with Gasteiger partial charge in [0, 0.05) is 58.7 Å². The predicted molar refractivity (Wildman–Crippen MR) is 104 cm³/mol. The lowest BCUT2D eigenvalue weighted by Crippen LogP contribution is -2.52. The molecular weight excluding hydrogens is 326 g/mol. The summed E-state index contributed by atoms with van der Waals surface area (Å²) in [7, 11) is 0. The Hall–Kier alpha value is -1.10. The molecule has 2 aliphatic heterocycles. The molecule has 0 aromatic heterocycles. The summed E-state index contributed by atoms with van der Waals surface area (Å²) in [5, 5.41) is 0. The molecule has 0 aromatic carbocycles. The quantitative estimate of drug-likeness (QED) is 0.774. The minimum Gasteiger partial charge on any atom is -0.343 e. The normalized spacial score (nSPS) is 26.1. The molecule has 0 spiro atoms. The van der Waals surface area contributed by atoms with Crippen LogP contribution in [0.3, 0.4) is 0 Å². The van der Waals surface area contributed by atoms with Crippen LogP contribution in [-0.4, -0.2) is 72.3 Å². The summed E-state index contributed by atoms with van der Waals surface area (Å²) in [6, 6.07) is 0. The summed E-state index contributed by atoms with van der Waals surface area (Å²) in [4.78, 5) is 30.9. The lowest BCUT2D eigenvalue weighted by Gasteiger charge is -2.41. The molecule has 0 N–H and O–H groups in total. The molecule has 2 heterocycles. The first-order valence-electron chi connectivity index (χ1n) is 10.6. The van der Waals surface area contributed by atoms with Crippen molar-refractivity contribution in [3.63, 3.8) is 0 Å². The fourth-order valence-electron chi connectivity index (χ4n) is 4.85. The molecule has 26 heavy (non-hydrogen) atoms. The largest absolute Gasteiger partial charge is 0.343 e. The Balaban J connectivity index is 1.38. The Morgan fingerprint density at radius 3 is 1.96 bits per heavy atom. The molecule has 5 nitrogen and oxygen atoms in total. The molecule has 2 amide bonds. The third-order valence-corrected chi connectivity index (χ3v) is 6.95. The summed E-state index contributed by atoms with van der Waals surface area (Å²) in [6.07, 6.45) is 6.75. The van der Waals surface area contributed by atoms with Gasteiger partial charge in [-0.2, -0.15) is 0 Å². The summed E-state index contributed by atoms with van der Waals surface area (Å²) < 4.78 is 0. The minimum absolute atomic E-state index is 0.210. The topological polar surface area (TPSA) is 43.9 Å². The Morgan fingerprint density at radius 1 is 0.846 bits per heavy atom. The van der Waals surface area contributed by atoms with Crippen molar-refractivity contribution in [3.8, 4) is 0 Å². The van der Waals surface area contributed by atoms with Crippen LogP contribution in [0.15, 0.2) is 0 Å². The molecule has 0 aromatic rings. The lowest BCUT2D eigenvalue weighted by molar-refractivity contribution is -0.139. The highest BCUT2D eigenvalue weighted by Crippen LogP contribution is 2.38. The van der Waals surface area contributed by atoms with Gasteiger partial charge in [-0.15, -0.1) is 0 Å². The smallest absolute Gasteiger partial charge is 0.225 e. The van der Waals surface area contributed by atoms with E-state index in [-0.39, 0.29) is 11.8 Å². The number of likely N-dealkylation sites (tertiary alicyclic amines) is 1. The van der Waals surface area contributed by atoms with Gasteiger partial charge in [-0.05, 0) is 49.9 Å². The average Bonchev–Trinajstić information content (AvgIpc) is 2.62. The van der Waals surface area contributed by atoms with Crippen LogP contribution in [-0.2, 0) is 9.59 Å². The van der Waals surface area contributed by atoms with Crippen molar-refractivity contribution in [2.24, 2.45) is 17.3 Å². The zero-order chi connectivity index (χ0) is 18.7. The highest BCUT2D eigenvalue weighted by molar-refractivity contribution is 5.79. The van der Waals surface area contributed by atoms with Gasteiger partial charge in [0.2, 0.25) is 11.8 Å². The van der Waals surface area contributed by atoms with Gasteiger partial charge in [0.05, 0.1) is 0 Å². The van der Waals surface area contributed by atoms with Gasteiger partial charge in [-0.1, -0.05) is 13.8 Å². The van der Waals surface area contributed by atoms with Crippen molar-refractivity contribution in [3.05, 3.63) is 0 Å². The fraction of sp³-hybridized carbons (Fsp3) is 0.905. The average molecular weight is 364 g/mol. The summed E-state index contributed by atoms with van der Waals surface area (Å²) in [5.41, 5.74) is 0.424. The van der Waals surface area contributed by atoms with Crippen molar-refractivity contribution < 1.29 is 9.59 Å². The first-order chi connectivity index (χ1) is 12.3. The Labute approximate surface area is 159 Å². The van der Waals surface area contributed by atoms with Crippen LogP contribution in [0.4, 0.5) is 0 Å². The standard InChI is InChI=1S/C21H37N3O2/c1-17(25)23-10-6-18(7-11-23)16-22-12-14-24(15-13-22)20(26)19-4-8-21(2,3)9-5-19/h18-19H,4-16H2,1-3H3. The molecule has 148 valence electrons. The van der Waals surface area contributed by atoms with E-state index in [9.17, 15) is 9.59 Å². The van der Waals surface area contributed by atoms with Crippen molar-refractivity contribution in [1.82, 2.24) is 14.7 Å². The number of piperazine rings is 1. The third kappa shape index (κ3) is 4.99. The molecule has 0 bridgehead atoms. The van der Waals surface area contributed by atoms with Gasteiger partial charge in [0.1, 0.15) is 0 Å². The van der Waals surface area contributed by atoms with Crippen LogP contribution in [0.2, 0.25) is 0 Å². The molecule has 2 saturated heterocycles. The first-order valence-corrected chi connectivity index (χ1v) is 10.6. The summed E-state index contributed by atoms with van der Waals surface area (Å²) in [6.45, 7) is 13.1. The van der Waals surface area contributed by atoms with Crippen molar-refractivity contribution in [2.75, 3.05) is 45.8 Å². The molecule has 0 radical (unpaired) electrons. The van der Waals surface area contributed by atoms with Crippen LogP contribution in [0.1, 0.15) is 59.3 Å². The van der Waals surface area contributed by atoms with Crippen LogP contribution >= 0.6 is 0 Å². The molecule has 3 fully saturated rings. The van der Waals surface area contributed by atoms with Gasteiger partial charge >= 0.3 is 0 Å². The number of hydrogen-bond donors (Lipinski definition) is 0. The van der Waals surface area contributed by atoms with Gasteiger partial charge in [-0.25, -0.2) is 0 Å². The van der Waals surface area contributed by atoms with Gasteiger partial charge in [0.25, 0.3) is 0 Å². The zero-order valence-corrected chi connectivity index (χ0v) is 17.0. The fourth-order valence-corrected chi connectivity index (χ4v) is 4.85. The van der Waals surface area contributed by atoms with E-state index < -0.39 is 0 Å². The minimum atomic E-state index is 0.210. The van der Waals surface area contributed by atoms with E-state index in [0.29, 0.717) is 17.2 Å². The van der Waals surface area contributed by atoms with E-state index in [1.54, 1.807) is 6.92 Å². The van der Waals surface area contributed by atoms with Crippen LogP contribution in [0.5, 0.6) is 0 Å². The highest BCUT2D eigenvalue weighted by atomic mass is 16.2. The van der Waals surface area contributed by atoms with Crippen LogP contribution in [0.25, 0.3) is 0 Å². The highest BCUT2D eigenvalue weighted by Gasteiger charge is 2.34. The van der Waals surface area contributed by atoms with Crippen LogP contribution in [0, 0.1) is 17.3 Å². The molecule has 0 unspecified atom stereocenters. The van der Waals surface area contributed by atoms with Crippen molar-refractivity contribution in [2.45, 2.75) is 59.3 Å². The Kier molecular flexibility index (Phi) is 6.26. The van der Waals surface area contributed by atoms with E-state index in [0.717, 1.165) is 71.5 Å². The SMILES string of the molecule is CC(=O)N1CCC(CN2CCN(C(=O)C3CCC(C)(C)CC3)CC2)CC1. The number of carbonyl (C=O) groups is 2. The number of amides is 2. The maximum absolute atomic E-state index is 12.8. The predicted octanol–water partition coefficient (Wildman–Crippen LogP) is 2.61. The summed E-state index contributed by atoms with van der Waals surface area (Å²) >= 11 is 0. The molecule has 1 saturated carbocycles. The van der Waals surface area contributed by atoms with Gasteiger partial charge in [-0.3, -0.25) is 14.5 Å². The van der Waals surface area contributed by atoms with Crippen molar-refractivity contribution >= 4 is 11.8 Å². The van der Waals surface area contributed by atoms with E-state index >= 15 is 0 Å². The molecule has 0 atom stereocenters. The number of carbonyl (C=O) groups excluding carboxylic acids is 2. The number of rotatable bonds is 3. The number of hydrogen-bond acceptors (Lipinski definition) is 3. The van der Waals surface area contributed by atoms with E-state index in [4.69, 9.17) is 0 Å². The monoisotopic (exact) mass is 363 g/mol. The van der Waals surface area contributed by atoms with Gasteiger partial charge < -0.3 is 9.80 Å². The zero-order valence-electron chi connectivity index (χ0n) is 17.0.